The Hall–Kier alpha value is -3.32. The summed E-state index contributed by atoms with van der Waals surface area (Å²) in [5, 5.41) is 9.53. The monoisotopic (exact) mass is 232 g/mol. The van der Waals surface area contributed by atoms with E-state index in [-0.39, 0.29) is 5.88 Å². The maximum absolute atomic E-state index is 9.53. The van der Waals surface area contributed by atoms with Crippen LogP contribution in [0.15, 0.2) is 76.4 Å². The van der Waals surface area contributed by atoms with Gasteiger partial charge in [0, 0.05) is 5.73 Å². The Kier molecular flexibility index (Phi) is 4.98. The number of hydrogen-bond acceptors (Lipinski definition) is 1. The molecule has 0 saturated carbocycles. The second-order valence-corrected chi connectivity index (χ2v) is 2.88. The highest BCUT2D eigenvalue weighted by molar-refractivity contribution is 5.30. The summed E-state index contributed by atoms with van der Waals surface area (Å²) in [6, 6.07) is 2.79. The first-order valence-corrected chi connectivity index (χ1v) is 4.79. The van der Waals surface area contributed by atoms with Crippen LogP contribution in [0.3, 0.4) is 0 Å². The summed E-state index contributed by atoms with van der Waals surface area (Å²) in [5.41, 5.74) is 22.1. The molecule has 0 unspecified atom stereocenters. The molecule has 1 rings (SSSR count). The largest absolute Gasteiger partial charge is 0.498 e. The lowest BCUT2D eigenvalue weighted by Crippen LogP contribution is -1.99. The third-order valence-electron chi connectivity index (χ3n) is 1.57. The fourth-order valence-electron chi connectivity index (χ4n) is 0.869. The number of hydrogen-bond donors (Lipinski definition) is 1. The first-order valence-electron chi connectivity index (χ1n) is 4.79. The lowest BCUT2D eigenvalue weighted by molar-refractivity contribution is -0.456. The summed E-state index contributed by atoms with van der Waals surface area (Å²) in [6.07, 6.45) is 3.35. The quantitative estimate of drug-likeness (QED) is 0.416. The molecule has 0 aromatic rings. The molecule has 1 heterocycles. The summed E-state index contributed by atoms with van der Waals surface area (Å²) >= 11 is 0. The Morgan fingerprint density at radius 1 is 1.06 bits per heavy atom. The van der Waals surface area contributed by atoms with Crippen molar-refractivity contribution in [3.8, 4) is 0 Å². The molecular formula is C15H8N2O+2. The molecule has 0 atom stereocenters. The highest BCUT2D eigenvalue weighted by atomic mass is 16.3. The topological polar surface area (TPSA) is 26.2 Å². The lowest BCUT2D eigenvalue weighted by Gasteiger charge is -1.74. The number of aliphatic hydroxyl groups is 1. The molecule has 1 aliphatic rings. The number of rotatable bonds is 1. The van der Waals surface area contributed by atoms with Crippen LogP contribution in [0.25, 0.3) is 0 Å². The SMILES string of the molecule is C=C=C=C=C=C=C=C=C=C=C(O)[N+]1=C=[N+](C)C=C1. The van der Waals surface area contributed by atoms with E-state index in [9.17, 15) is 5.11 Å². The summed E-state index contributed by atoms with van der Waals surface area (Å²) in [6.45, 7) is 3.30. The van der Waals surface area contributed by atoms with Crippen LogP contribution in [-0.4, -0.2) is 27.3 Å². The predicted octanol–water partition coefficient (Wildman–Crippen LogP) is 1.72. The van der Waals surface area contributed by atoms with Crippen LogP contribution in [0.4, 0.5) is 0 Å². The molecule has 0 aliphatic carbocycles. The standard InChI is InChI=1S/C15H7N2O/c1-3-4-5-6-7-8-9-10-11-15(18)17-13-12-16(2)14-17/h12-13H,1H2,2H3/q+1/p+1. The molecular weight excluding hydrogens is 224 g/mol. The molecule has 3 nitrogen and oxygen atoms in total. The highest BCUT2D eigenvalue weighted by Crippen LogP contribution is 1.92. The zero-order valence-electron chi connectivity index (χ0n) is 9.70. The molecule has 82 valence electrons. The van der Waals surface area contributed by atoms with Crippen LogP contribution in [0.1, 0.15) is 0 Å². The van der Waals surface area contributed by atoms with Gasteiger partial charge < -0.3 is 5.11 Å². The molecule has 0 amide bonds. The van der Waals surface area contributed by atoms with Crippen molar-refractivity contribution >= 4 is 6.01 Å². The van der Waals surface area contributed by atoms with Gasteiger partial charge in [0.05, 0.1) is 5.73 Å². The minimum absolute atomic E-state index is 0.154. The molecule has 0 fully saturated rings. The van der Waals surface area contributed by atoms with Crippen molar-refractivity contribution in [2.75, 3.05) is 7.05 Å². The Morgan fingerprint density at radius 3 is 2.22 bits per heavy atom. The molecule has 3 heteroatoms. The van der Waals surface area contributed by atoms with Crippen molar-refractivity contribution < 1.29 is 14.3 Å². The Morgan fingerprint density at radius 2 is 1.67 bits per heavy atom. The zero-order chi connectivity index (χ0) is 13.2. The van der Waals surface area contributed by atoms with Gasteiger partial charge in [-0.1, -0.05) is 10.3 Å². The van der Waals surface area contributed by atoms with Crippen molar-refractivity contribution in [1.29, 1.82) is 0 Å². The third-order valence-corrected chi connectivity index (χ3v) is 1.57. The zero-order valence-corrected chi connectivity index (χ0v) is 9.70. The second kappa shape index (κ2) is 7.04. The van der Waals surface area contributed by atoms with E-state index in [4.69, 9.17) is 0 Å². The van der Waals surface area contributed by atoms with Crippen LogP contribution < -0.4 is 0 Å². The molecule has 1 N–H and O–H groups in total. The predicted molar refractivity (Wildman–Crippen MR) is 64.0 cm³/mol. The highest BCUT2D eigenvalue weighted by Gasteiger charge is 2.17. The van der Waals surface area contributed by atoms with Crippen LogP contribution >= 0.6 is 0 Å². The van der Waals surface area contributed by atoms with E-state index in [0.717, 1.165) is 0 Å². The molecule has 1 aliphatic heterocycles. The van der Waals surface area contributed by atoms with E-state index in [0.29, 0.717) is 0 Å². The van der Waals surface area contributed by atoms with E-state index >= 15 is 0 Å². The second-order valence-electron chi connectivity index (χ2n) is 2.88. The summed E-state index contributed by atoms with van der Waals surface area (Å²) in [4.78, 5) is 0. The van der Waals surface area contributed by atoms with Gasteiger partial charge in [-0.05, 0) is 45.5 Å². The van der Waals surface area contributed by atoms with Crippen molar-refractivity contribution in [1.82, 2.24) is 0 Å². The van der Waals surface area contributed by atoms with E-state index in [1.165, 1.54) is 4.58 Å². The van der Waals surface area contributed by atoms with E-state index < -0.39 is 0 Å². The Bertz CT molecular complexity index is 807. The summed E-state index contributed by atoms with van der Waals surface area (Å²) < 4.78 is 3.01. The van der Waals surface area contributed by atoms with E-state index in [1.54, 1.807) is 24.0 Å². The fourth-order valence-corrected chi connectivity index (χ4v) is 0.869. The van der Waals surface area contributed by atoms with Crippen LogP contribution in [-0.2, 0) is 0 Å². The van der Waals surface area contributed by atoms with Crippen LogP contribution in [0.2, 0.25) is 0 Å². The molecule has 18 heavy (non-hydrogen) atoms. The smallest absolute Gasteiger partial charge is 0.452 e. The van der Waals surface area contributed by atoms with Gasteiger partial charge in [0.15, 0.2) is 7.05 Å². The molecule has 0 aromatic carbocycles. The molecule has 0 bridgehead atoms. The lowest BCUT2D eigenvalue weighted by atomic mass is 10.6. The number of aliphatic hydroxyl groups excluding tert-OH is 1. The third kappa shape index (κ3) is 4.47. The summed E-state index contributed by atoms with van der Waals surface area (Å²) in [7, 11) is 1.79. The Balaban J connectivity index is 3.23. The van der Waals surface area contributed by atoms with Gasteiger partial charge in [0.1, 0.15) is 0 Å². The van der Waals surface area contributed by atoms with Gasteiger partial charge in [0.2, 0.25) is 6.20 Å². The van der Waals surface area contributed by atoms with Crippen molar-refractivity contribution in [3.05, 3.63) is 76.4 Å². The minimum atomic E-state index is -0.154. The van der Waals surface area contributed by atoms with Crippen LogP contribution in [0.5, 0.6) is 0 Å². The molecule has 0 spiro atoms. The van der Waals surface area contributed by atoms with Gasteiger partial charge in [-0.2, -0.15) is 0 Å². The molecule has 0 radical (unpaired) electrons. The van der Waals surface area contributed by atoms with E-state index in [2.05, 4.69) is 64.2 Å². The Labute approximate surface area is 104 Å². The van der Waals surface area contributed by atoms with Gasteiger partial charge >= 0.3 is 11.9 Å². The van der Waals surface area contributed by atoms with Gasteiger partial charge in [-0.25, -0.2) is 0 Å². The van der Waals surface area contributed by atoms with Crippen LogP contribution in [0, 0.1) is 0 Å². The first-order chi connectivity index (χ1) is 8.74. The average molecular weight is 232 g/mol. The van der Waals surface area contributed by atoms with Crippen molar-refractivity contribution in [3.63, 3.8) is 0 Å². The minimum Gasteiger partial charge on any atom is -0.452 e. The molecule has 0 saturated heterocycles. The average Bonchev–Trinajstić information content (AvgIpc) is 2.79. The maximum Gasteiger partial charge on any atom is 0.498 e. The molecule has 0 aromatic heterocycles. The van der Waals surface area contributed by atoms with Gasteiger partial charge in [-0.15, -0.1) is 0 Å². The summed E-state index contributed by atoms with van der Waals surface area (Å²) in [5.74, 6) is -0.154. The fraction of sp³-hybridized carbons (Fsp3) is 0.0667. The maximum atomic E-state index is 9.53. The normalized spacial score (nSPS) is 9.61. The van der Waals surface area contributed by atoms with Gasteiger partial charge in [-0.3, -0.25) is 0 Å². The number of nitrogens with zero attached hydrogens (tertiary/aromatic N) is 2. The van der Waals surface area contributed by atoms with E-state index in [1.807, 2.05) is 0 Å². The van der Waals surface area contributed by atoms with Crippen molar-refractivity contribution in [2.24, 2.45) is 0 Å². The van der Waals surface area contributed by atoms with Gasteiger partial charge in [0.25, 0.3) is 6.20 Å². The first kappa shape index (κ1) is 12.7. The van der Waals surface area contributed by atoms with Crippen molar-refractivity contribution in [2.45, 2.75) is 0 Å².